The van der Waals surface area contributed by atoms with Gasteiger partial charge in [-0.15, -0.1) is 0 Å². The molecule has 0 bridgehead atoms. The van der Waals surface area contributed by atoms with Crippen molar-refractivity contribution in [2.45, 2.75) is 5.92 Å². The SMILES string of the molecule is O=C1C(O)=C(c2ccc(O)cc2)C(=O)C1c1ccc(O)cc1. The predicted molar refractivity (Wildman–Crippen MR) is 78.5 cm³/mol. The maximum Gasteiger partial charge on any atom is 0.213 e. The van der Waals surface area contributed by atoms with Gasteiger partial charge < -0.3 is 15.3 Å². The number of rotatable bonds is 2. The Labute approximate surface area is 125 Å². The van der Waals surface area contributed by atoms with Crippen LogP contribution in [0, 0.1) is 0 Å². The molecule has 2 aromatic rings. The van der Waals surface area contributed by atoms with E-state index in [0.29, 0.717) is 11.1 Å². The molecule has 5 heteroatoms. The zero-order valence-corrected chi connectivity index (χ0v) is 11.4. The minimum Gasteiger partial charge on any atom is -0.508 e. The number of aromatic hydroxyl groups is 2. The Kier molecular flexibility index (Phi) is 3.18. The number of hydrogen-bond acceptors (Lipinski definition) is 5. The van der Waals surface area contributed by atoms with Crippen molar-refractivity contribution < 1.29 is 24.9 Å². The molecule has 0 heterocycles. The van der Waals surface area contributed by atoms with Gasteiger partial charge in [0.2, 0.25) is 5.78 Å². The van der Waals surface area contributed by atoms with Crippen molar-refractivity contribution in [1.29, 1.82) is 0 Å². The number of aliphatic hydroxyl groups excluding tert-OH is 1. The van der Waals surface area contributed by atoms with Crippen LogP contribution >= 0.6 is 0 Å². The first-order valence-corrected chi connectivity index (χ1v) is 6.59. The zero-order valence-electron chi connectivity index (χ0n) is 11.4. The molecule has 0 fully saturated rings. The second-order valence-corrected chi connectivity index (χ2v) is 5.02. The maximum absolute atomic E-state index is 12.5. The summed E-state index contributed by atoms with van der Waals surface area (Å²) in [6.07, 6.45) is 0. The van der Waals surface area contributed by atoms with Crippen molar-refractivity contribution in [1.82, 2.24) is 0 Å². The smallest absolute Gasteiger partial charge is 0.213 e. The Balaban J connectivity index is 2.03. The molecule has 3 rings (SSSR count). The minimum atomic E-state index is -1.11. The first kappa shape index (κ1) is 13.9. The first-order valence-electron chi connectivity index (χ1n) is 6.59. The average molecular weight is 296 g/mol. The number of hydrogen-bond donors (Lipinski definition) is 3. The van der Waals surface area contributed by atoms with Crippen LogP contribution in [-0.2, 0) is 9.59 Å². The van der Waals surface area contributed by atoms with Crippen LogP contribution < -0.4 is 0 Å². The fourth-order valence-electron chi connectivity index (χ4n) is 2.52. The molecule has 1 aliphatic rings. The molecular formula is C17H12O5. The molecule has 1 atom stereocenters. The molecule has 5 nitrogen and oxygen atoms in total. The van der Waals surface area contributed by atoms with Gasteiger partial charge in [0, 0.05) is 0 Å². The lowest BCUT2D eigenvalue weighted by Gasteiger charge is -2.08. The lowest BCUT2D eigenvalue weighted by Crippen LogP contribution is -2.15. The summed E-state index contributed by atoms with van der Waals surface area (Å²) in [6, 6.07) is 11.4. The van der Waals surface area contributed by atoms with E-state index in [-0.39, 0.29) is 17.1 Å². The van der Waals surface area contributed by atoms with Crippen LogP contribution in [0.3, 0.4) is 0 Å². The highest BCUT2D eigenvalue weighted by Gasteiger charge is 2.42. The van der Waals surface area contributed by atoms with Crippen LogP contribution in [-0.4, -0.2) is 26.9 Å². The van der Waals surface area contributed by atoms with Crippen LogP contribution in [0.15, 0.2) is 54.3 Å². The number of ketones is 2. The third kappa shape index (κ3) is 2.13. The summed E-state index contributed by atoms with van der Waals surface area (Å²) >= 11 is 0. The van der Waals surface area contributed by atoms with E-state index in [1.165, 1.54) is 48.5 Å². The van der Waals surface area contributed by atoms with Crippen LogP contribution in [0.4, 0.5) is 0 Å². The normalized spacial score (nSPS) is 18.1. The van der Waals surface area contributed by atoms with E-state index in [4.69, 9.17) is 0 Å². The molecule has 0 saturated heterocycles. The number of allylic oxidation sites excluding steroid dienone is 2. The van der Waals surface area contributed by atoms with Gasteiger partial charge in [0.05, 0.1) is 5.57 Å². The Morgan fingerprint density at radius 3 is 1.73 bits per heavy atom. The van der Waals surface area contributed by atoms with E-state index in [1.54, 1.807) is 0 Å². The maximum atomic E-state index is 12.5. The van der Waals surface area contributed by atoms with E-state index in [0.717, 1.165) is 0 Å². The molecule has 110 valence electrons. The predicted octanol–water partition coefficient (Wildman–Crippen LogP) is 2.30. The second kappa shape index (κ2) is 5.04. The van der Waals surface area contributed by atoms with E-state index < -0.39 is 23.2 Å². The second-order valence-electron chi connectivity index (χ2n) is 5.02. The van der Waals surface area contributed by atoms with Gasteiger partial charge in [-0.3, -0.25) is 9.59 Å². The number of carbonyl (C=O) groups excluding carboxylic acids is 2. The fraction of sp³-hybridized carbons (Fsp3) is 0.0588. The van der Waals surface area contributed by atoms with Crippen molar-refractivity contribution in [3.63, 3.8) is 0 Å². The van der Waals surface area contributed by atoms with Crippen molar-refractivity contribution >= 4 is 17.1 Å². The summed E-state index contributed by atoms with van der Waals surface area (Å²) in [5, 5.41) is 28.6. The number of Topliss-reactive ketones (excluding diaryl/α,β-unsaturated/α-hetero) is 2. The molecular weight excluding hydrogens is 284 g/mol. The summed E-state index contributed by atoms with van der Waals surface area (Å²) in [5.41, 5.74) is 0.728. The molecule has 0 spiro atoms. The summed E-state index contributed by atoms with van der Waals surface area (Å²) in [6.45, 7) is 0. The lowest BCUT2D eigenvalue weighted by molar-refractivity contribution is -0.123. The van der Waals surface area contributed by atoms with Crippen molar-refractivity contribution in [3.05, 3.63) is 65.4 Å². The molecule has 1 aliphatic carbocycles. The molecule has 3 N–H and O–H groups in total. The third-order valence-corrected chi connectivity index (χ3v) is 3.62. The van der Waals surface area contributed by atoms with Crippen molar-refractivity contribution in [3.8, 4) is 11.5 Å². The van der Waals surface area contributed by atoms with Gasteiger partial charge in [-0.25, -0.2) is 0 Å². The first-order chi connectivity index (χ1) is 10.5. The van der Waals surface area contributed by atoms with Crippen LogP contribution in [0.5, 0.6) is 11.5 Å². The zero-order chi connectivity index (χ0) is 15.9. The highest BCUT2D eigenvalue weighted by atomic mass is 16.3. The fourth-order valence-corrected chi connectivity index (χ4v) is 2.52. The van der Waals surface area contributed by atoms with E-state index in [1.807, 2.05) is 0 Å². The number of phenolic OH excluding ortho intramolecular Hbond substituents is 2. The monoisotopic (exact) mass is 296 g/mol. The number of phenols is 2. The Morgan fingerprint density at radius 1 is 0.682 bits per heavy atom. The van der Waals surface area contributed by atoms with Gasteiger partial charge in [0.1, 0.15) is 17.4 Å². The summed E-state index contributed by atoms with van der Waals surface area (Å²) in [4.78, 5) is 24.7. The van der Waals surface area contributed by atoms with Gasteiger partial charge in [-0.1, -0.05) is 24.3 Å². The summed E-state index contributed by atoms with van der Waals surface area (Å²) in [5.74, 6) is -2.80. The van der Waals surface area contributed by atoms with Crippen LogP contribution in [0.25, 0.3) is 5.57 Å². The summed E-state index contributed by atoms with van der Waals surface area (Å²) in [7, 11) is 0. The largest absolute Gasteiger partial charge is 0.508 e. The number of carbonyl (C=O) groups is 2. The number of aliphatic hydroxyl groups is 1. The van der Waals surface area contributed by atoms with Crippen molar-refractivity contribution in [2.24, 2.45) is 0 Å². The van der Waals surface area contributed by atoms with Gasteiger partial charge in [-0.2, -0.15) is 0 Å². The molecule has 0 saturated carbocycles. The lowest BCUT2D eigenvalue weighted by atomic mass is 9.92. The quantitative estimate of drug-likeness (QED) is 0.739. The third-order valence-electron chi connectivity index (χ3n) is 3.62. The molecule has 0 aliphatic heterocycles. The molecule has 2 aromatic carbocycles. The van der Waals surface area contributed by atoms with Crippen LogP contribution in [0.1, 0.15) is 17.0 Å². The Hall–Kier alpha value is -3.08. The molecule has 22 heavy (non-hydrogen) atoms. The molecule has 0 aromatic heterocycles. The topological polar surface area (TPSA) is 94.8 Å². The van der Waals surface area contributed by atoms with E-state index >= 15 is 0 Å². The minimum absolute atomic E-state index is 0.0238. The van der Waals surface area contributed by atoms with E-state index in [9.17, 15) is 24.9 Å². The Bertz CT molecular complexity index is 785. The molecule has 0 radical (unpaired) electrons. The average Bonchev–Trinajstić information content (AvgIpc) is 2.72. The highest BCUT2D eigenvalue weighted by Crippen LogP contribution is 2.37. The van der Waals surface area contributed by atoms with E-state index in [2.05, 4.69) is 0 Å². The molecule has 1 unspecified atom stereocenters. The number of benzene rings is 2. The Morgan fingerprint density at radius 2 is 1.18 bits per heavy atom. The van der Waals surface area contributed by atoms with Gasteiger partial charge in [-0.05, 0) is 35.4 Å². The van der Waals surface area contributed by atoms with Crippen molar-refractivity contribution in [2.75, 3.05) is 0 Å². The van der Waals surface area contributed by atoms with Gasteiger partial charge in [0.15, 0.2) is 11.5 Å². The van der Waals surface area contributed by atoms with Gasteiger partial charge >= 0.3 is 0 Å². The summed E-state index contributed by atoms with van der Waals surface area (Å²) < 4.78 is 0. The highest BCUT2D eigenvalue weighted by molar-refractivity contribution is 6.41. The molecule has 0 amide bonds. The van der Waals surface area contributed by atoms with Crippen LogP contribution in [0.2, 0.25) is 0 Å². The standard InChI is InChI=1S/C17H12O5/c18-11-5-1-9(2-6-11)13-15(20)14(17(22)16(13)21)10-3-7-12(19)8-4-10/h1-8,13,18-19,22H. The van der Waals surface area contributed by atoms with Gasteiger partial charge in [0.25, 0.3) is 0 Å².